The molecular weight excluding hydrogens is 403 g/mol. The molecule has 0 aliphatic carbocycles. The van der Waals surface area contributed by atoms with Crippen molar-refractivity contribution in [1.29, 1.82) is 0 Å². The molecule has 5 nitrogen and oxygen atoms in total. The fourth-order valence-electron chi connectivity index (χ4n) is 2.91. The minimum Gasteiger partial charge on any atom is -0.325 e. The summed E-state index contributed by atoms with van der Waals surface area (Å²) in [6, 6.07) is 16.8. The first kappa shape index (κ1) is 21.5. The molecule has 0 aliphatic rings. The number of carbonyl (C=O) groups excluding carboxylic acids is 1. The minimum absolute atomic E-state index is 0.0522. The number of aryl methyl sites for hydroxylation is 3. The Morgan fingerprint density at radius 3 is 2.13 bits per heavy atom. The molecule has 3 aromatic rings. The second-order valence-electron chi connectivity index (χ2n) is 7.15. The molecule has 0 bridgehead atoms. The summed E-state index contributed by atoms with van der Waals surface area (Å²) < 4.78 is 40.9. The van der Waals surface area contributed by atoms with Crippen LogP contribution in [0.1, 0.15) is 16.7 Å². The van der Waals surface area contributed by atoms with E-state index in [0.29, 0.717) is 5.69 Å². The number of hydrogen-bond donors (Lipinski definition) is 1. The van der Waals surface area contributed by atoms with Gasteiger partial charge in [-0.3, -0.25) is 9.10 Å². The molecule has 1 amide bonds. The van der Waals surface area contributed by atoms with Crippen molar-refractivity contribution in [3.8, 4) is 0 Å². The molecule has 156 valence electrons. The summed E-state index contributed by atoms with van der Waals surface area (Å²) in [5.74, 6) is -0.996. The third-order valence-corrected chi connectivity index (χ3v) is 6.59. The Morgan fingerprint density at radius 2 is 1.53 bits per heavy atom. The van der Waals surface area contributed by atoms with E-state index in [0.717, 1.165) is 33.1 Å². The van der Waals surface area contributed by atoms with Crippen LogP contribution in [-0.4, -0.2) is 20.9 Å². The van der Waals surface area contributed by atoms with Gasteiger partial charge >= 0.3 is 0 Å². The Labute approximate surface area is 176 Å². The van der Waals surface area contributed by atoms with Crippen LogP contribution in [0.2, 0.25) is 0 Å². The molecule has 0 radical (unpaired) electrons. The third-order valence-electron chi connectivity index (χ3n) is 4.80. The molecule has 0 saturated carbocycles. The van der Waals surface area contributed by atoms with Crippen LogP contribution in [0.5, 0.6) is 0 Å². The van der Waals surface area contributed by atoms with Gasteiger partial charge in [0.2, 0.25) is 5.91 Å². The number of rotatable bonds is 6. The predicted octanol–water partition coefficient (Wildman–Crippen LogP) is 4.58. The van der Waals surface area contributed by atoms with Gasteiger partial charge in [0, 0.05) is 5.69 Å². The molecule has 0 unspecified atom stereocenters. The molecule has 30 heavy (non-hydrogen) atoms. The maximum atomic E-state index is 13.4. The van der Waals surface area contributed by atoms with Gasteiger partial charge in [0.25, 0.3) is 10.0 Å². The van der Waals surface area contributed by atoms with Gasteiger partial charge in [-0.2, -0.15) is 0 Å². The fraction of sp³-hybridized carbons (Fsp3) is 0.174. The highest BCUT2D eigenvalue weighted by atomic mass is 32.2. The van der Waals surface area contributed by atoms with Gasteiger partial charge in [0.1, 0.15) is 12.4 Å². The van der Waals surface area contributed by atoms with E-state index < -0.39 is 28.3 Å². The van der Waals surface area contributed by atoms with Gasteiger partial charge < -0.3 is 5.32 Å². The number of benzene rings is 3. The summed E-state index contributed by atoms with van der Waals surface area (Å²) in [5.41, 5.74) is 3.79. The van der Waals surface area contributed by atoms with Gasteiger partial charge in [0.05, 0.1) is 10.6 Å². The monoisotopic (exact) mass is 426 g/mol. The highest BCUT2D eigenvalue weighted by Crippen LogP contribution is 2.24. The Morgan fingerprint density at radius 1 is 0.900 bits per heavy atom. The van der Waals surface area contributed by atoms with Crippen LogP contribution < -0.4 is 9.62 Å². The zero-order valence-corrected chi connectivity index (χ0v) is 17.8. The van der Waals surface area contributed by atoms with E-state index in [1.165, 1.54) is 24.3 Å². The molecule has 0 fully saturated rings. The molecule has 0 spiro atoms. The molecule has 0 aliphatic heterocycles. The van der Waals surface area contributed by atoms with Crippen LogP contribution in [0.4, 0.5) is 15.8 Å². The highest BCUT2D eigenvalue weighted by molar-refractivity contribution is 7.92. The van der Waals surface area contributed by atoms with Gasteiger partial charge in [-0.25, -0.2) is 12.8 Å². The van der Waals surface area contributed by atoms with Gasteiger partial charge in [-0.05, 0) is 80.4 Å². The van der Waals surface area contributed by atoms with Crippen molar-refractivity contribution in [3.63, 3.8) is 0 Å². The molecule has 0 aromatic heterocycles. The van der Waals surface area contributed by atoms with E-state index in [1.54, 1.807) is 18.2 Å². The average molecular weight is 427 g/mol. The summed E-state index contributed by atoms with van der Waals surface area (Å²) in [6.45, 7) is 5.29. The molecule has 0 saturated heterocycles. The largest absolute Gasteiger partial charge is 0.325 e. The van der Waals surface area contributed by atoms with Crippen molar-refractivity contribution in [2.45, 2.75) is 25.7 Å². The lowest BCUT2D eigenvalue weighted by molar-refractivity contribution is -0.114. The highest BCUT2D eigenvalue weighted by Gasteiger charge is 2.27. The second-order valence-corrected chi connectivity index (χ2v) is 9.01. The summed E-state index contributed by atoms with van der Waals surface area (Å²) in [6.07, 6.45) is 0. The first-order chi connectivity index (χ1) is 14.2. The molecule has 3 rings (SSSR count). The number of carbonyl (C=O) groups is 1. The minimum atomic E-state index is -4.04. The van der Waals surface area contributed by atoms with Crippen molar-refractivity contribution >= 4 is 27.3 Å². The van der Waals surface area contributed by atoms with E-state index >= 15 is 0 Å². The average Bonchev–Trinajstić information content (AvgIpc) is 2.70. The molecular formula is C23H23FN2O3S. The standard InChI is InChI=1S/C23H23FN2O3S/c1-16-4-12-22(13-5-16)30(28,29)26(21-10-7-19(24)8-11-21)15-23(27)25-20-9-6-17(2)18(3)14-20/h4-14H,15H2,1-3H3,(H,25,27). The van der Waals surface area contributed by atoms with Crippen LogP contribution >= 0.6 is 0 Å². The lowest BCUT2D eigenvalue weighted by Gasteiger charge is -2.24. The van der Waals surface area contributed by atoms with Crippen LogP contribution in [0, 0.1) is 26.6 Å². The Hall–Kier alpha value is -3.19. The van der Waals surface area contributed by atoms with E-state index in [9.17, 15) is 17.6 Å². The fourth-order valence-corrected chi connectivity index (χ4v) is 4.33. The number of nitrogens with zero attached hydrogens (tertiary/aromatic N) is 1. The summed E-state index contributed by atoms with van der Waals surface area (Å²) >= 11 is 0. The van der Waals surface area contributed by atoms with Crippen molar-refractivity contribution in [3.05, 3.63) is 89.2 Å². The molecule has 0 atom stereocenters. The molecule has 0 heterocycles. The maximum absolute atomic E-state index is 13.4. The number of amides is 1. The molecule has 3 aromatic carbocycles. The van der Waals surface area contributed by atoms with Crippen molar-refractivity contribution < 1.29 is 17.6 Å². The first-order valence-corrected chi connectivity index (χ1v) is 10.8. The van der Waals surface area contributed by atoms with Crippen LogP contribution in [0.15, 0.2) is 71.6 Å². The van der Waals surface area contributed by atoms with Gasteiger partial charge in [-0.15, -0.1) is 0 Å². The normalized spacial score (nSPS) is 11.2. The van der Waals surface area contributed by atoms with Gasteiger partial charge in [0.15, 0.2) is 0 Å². The number of halogens is 1. The smallest absolute Gasteiger partial charge is 0.264 e. The quantitative estimate of drug-likeness (QED) is 0.627. The summed E-state index contributed by atoms with van der Waals surface area (Å²) in [5, 5.41) is 2.74. The SMILES string of the molecule is Cc1ccc(S(=O)(=O)N(CC(=O)Nc2ccc(C)c(C)c2)c2ccc(F)cc2)cc1. The van der Waals surface area contributed by atoms with Crippen molar-refractivity contribution in [2.75, 3.05) is 16.2 Å². The lowest BCUT2D eigenvalue weighted by Crippen LogP contribution is -2.38. The third kappa shape index (κ3) is 4.86. The van der Waals surface area contributed by atoms with E-state index in [2.05, 4.69) is 5.32 Å². The number of anilines is 2. The zero-order chi connectivity index (χ0) is 21.9. The van der Waals surface area contributed by atoms with Crippen molar-refractivity contribution in [1.82, 2.24) is 0 Å². The number of sulfonamides is 1. The number of nitrogens with one attached hydrogen (secondary N) is 1. The Balaban J connectivity index is 1.93. The van der Waals surface area contributed by atoms with Gasteiger partial charge in [-0.1, -0.05) is 23.8 Å². The number of hydrogen-bond acceptors (Lipinski definition) is 3. The maximum Gasteiger partial charge on any atom is 0.264 e. The predicted molar refractivity (Wildman–Crippen MR) is 117 cm³/mol. The summed E-state index contributed by atoms with van der Waals surface area (Å²) in [7, 11) is -4.04. The second kappa shape index (κ2) is 8.67. The van der Waals surface area contributed by atoms with E-state index in [1.807, 2.05) is 32.9 Å². The Bertz CT molecular complexity index is 1160. The van der Waals surface area contributed by atoms with Crippen LogP contribution in [0.25, 0.3) is 0 Å². The van der Waals surface area contributed by atoms with Crippen molar-refractivity contribution in [2.24, 2.45) is 0 Å². The van der Waals surface area contributed by atoms with Crippen LogP contribution in [-0.2, 0) is 14.8 Å². The molecule has 1 N–H and O–H groups in total. The topological polar surface area (TPSA) is 66.5 Å². The van der Waals surface area contributed by atoms with E-state index in [-0.39, 0.29) is 10.6 Å². The summed E-state index contributed by atoms with van der Waals surface area (Å²) in [4.78, 5) is 12.8. The Kier molecular flexibility index (Phi) is 6.22. The first-order valence-electron chi connectivity index (χ1n) is 9.39. The lowest BCUT2D eigenvalue weighted by atomic mass is 10.1. The van der Waals surface area contributed by atoms with Crippen LogP contribution in [0.3, 0.4) is 0 Å². The molecule has 7 heteroatoms. The zero-order valence-electron chi connectivity index (χ0n) is 17.0. The van der Waals surface area contributed by atoms with E-state index in [4.69, 9.17) is 0 Å².